The number of hydrogen-bond donors (Lipinski definition) is 0. The molecule has 0 heterocycles. The van der Waals surface area contributed by atoms with Gasteiger partial charge in [-0.05, 0) is 43.4 Å². The van der Waals surface area contributed by atoms with Gasteiger partial charge in [0.1, 0.15) is 0 Å². The van der Waals surface area contributed by atoms with Crippen molar-refractivity contribution in [2.45, 2.75) is 25.7 Å². The number of halogens is 5. The smallest absolute Gasteiger partial charge is 0.200 e. The molecule has 1 saturated carbocycles. The highest BCUT2D eigenvalue weighted by Gasteiger charge is 2.35. The lowest BCUT2D eigenvalue weighted by molar-refractivity contribution is 0.360. The second-order valence-corrected chi connectivity index (χ2v) is 5.63. The van der Waals surface area contributed by atoms with Gasteiger partial charge < -0.3 is 0 Å². The van der Waals surface area contributed by atoms with E-state index in [1.807, 2.05) is 0 Å². The third-order valence-corrected chi connectivity index (χ3v) is 4.48. The molecule has 1 aromatic carbocycles. The van der Waals surface area contributed by atoms with Crippen LogP contribution in [0.3, 0.4) is 0 Å². The Kier molecular flexibility index (Phi) is 3.30. The van der Waals surface area contributed by atoms with E-state index in [0.717, 1.165) is 12.8 Å². The molecule has 3 unspecified atom stereocenters. The van der Waals surface area contributed by atoms with Gasteiger partial charge in [-0.2, -0.15) is 0 Å². The number of fused-ring (bicyclic) bond motifs is 2. The molecule has 0 amide bonds. The van der Waals surface area contributed by atoms with Crippen molar-refractivity contribution < 1.29 is 22.0 Å². The minimum Gasteiger partial charge on any atom is -0.203 e. The predicted octanol–water partition coefficient (Wildman–Crippen LogP) is 4.53. The molecule has 0 radical (unpaired) electrons. The van der Waals surface area contributed by atoms with Crippen LogP contribution in [0.4, 0.5) is 22.0 Å². The molecular weight excluding hydrogens is 275 g/mol. The highest BCUT2D eigenvalue weighted by atomic mass is 19.2. The number of hydrogen-bond acceptors (Lipinski definition) is 0. The monoisotopic (exact) mass is 288 g/mol. The average Bonchev–Trinajstić information content (AvgIpc) is 3.05. The Hall–Kier alpha value is -1.39. The summed E-state index contributed by atoms with van der Waals surface area (Å²) in [5.41, 5.74) is -0.687. The van der Waals surface area contributed by atoms with Crippen molar-refractivity contribution in [3.8, 4) is 0 Å². The van der Waals surface area contributed by atoms with Crippen molar-refractivity contribution in [1.29, 1.82) is 0 Å². The molecule has 0 spiro atoms. The Morgan fingerprint density at radius 1 is 0.800 bits per heavy atom. The fourth-order valence-electron chi connectivity index (χ4n) is 3.43. The summed E-state index contributed by atoms with van der Waals surface area (Å²) >= 11 is 0. The first-order chi connectivity index (χ1) is 9.49. The molecule has 0 N–H and O–H groups in total. The molecule has 3 rings (SSSR count). The highest BCUT2D eigenvalue weighted by Crippen LogP contribution is 2.45. The third kappa shape index (κ3) is 2.03. The van der Waals surface area contributed by atoms with Crippen molar-refractivity contribution >= 4 is 0 Å². The maximum Gasteiger partial charge on any atom is 0.200 e. The molecule has 0 aliphatic heterocycles. The van der Waals surface area contributed by atoms with Crippen LogP contribution in [0.15, 0.2) is 12.2 Å². The van der Waals surface area contributed by atoms with Crippen molar-refractivity contribution in [2.24, 2.45) is 17.8 Å². The molecule has 2 bridgehead atoms. The summed E-state index contributed by atoms with van der Waals surface area (Å²) in [6.07, 6.45) is 6.55. The fourth-order valence-corrected chi connectivity index (χ4v) is 3.43. The van der Waals surface area contributed by atoms with Crippen LogP contribution in [0.25, 0.3) is 0 Å². The van der Waals surface area contributed by atoms with Crippen molar-refractivity contribution in [1.82, 2.24) is 0 Å². The Morgan fingerprint density at radius 3 is 1.90 bits per heavy atom. The third-order valence-electron chi connectivity index (χ3n) is 4.48. The fraction of sp³-hybridized carbons (Fsp3) is 0.467. The largest absolute Gasteiger partial charge is 0.203 e. The van der Waals surface area contributed by atoms with Crippen LogP contribution in [0.2, 0.25) is 0 Å². The molecule has 20 heavy (non-hydrogen) atoms. The first kappa shape index (κ1) is 13.6. The molecule has 0 aromatic heterocycles. The van der Waals surface area contributed by atoms with Gasteiger partial charge in [0.05, 0.1) is 0 Å². The lowest BCUT2D eigenvalue weighted by atomic mass is 9.88. The Labute approximate surface area is 113 Å². The van der Waals surface area contributed by atoms with E-state index in [0.29, 0.717) is 18.3 Å². The van der Waals surface area contributed by atoms with Gasteiger partial charge in [0.2, 0.25) is 5.82 Å². The number of benzene rings is 1. The van der Waals surface area contributed by atoms with Gasteiger partial charge in [-0.15, -0.1) is 0 Å². The zero-order valence-corrected chi connectivity index (χ0v) is 10.6. The van der Waals surface area contributed by atoms with E-state index in [2.05, 4.69) is 12.2 Å². The van der Waals surface area contributed by atoms with Crippen molar-refractivity contribution in [2.75, 3.05) is 0 Å². The SMILES string of the molecule is Fc1c(F)c(F)c(CCC2CC3C=CC2C3)c(F)c1F. The zero-order chi connectivity index (χ0) is 14.4. The molecule has 3 atom stereocenters. The molecular formula is C15H13F5. The molecule has 1 fully saturated rings. The zero-order valence-electron chi connectivity index (χ0n) is 10.6. The van der Waals surface area contributed by atoms with E-state index in [9.17, 15) is 22.0 Å². The van der Waals surface area contributed by atoms with E-state index in [1.165, 1.54) is 0 Å². The van der Waals surface area contributed by atoms with Crippen molar-refractivity contribution in [3.05, 3.63) is 46.8 Å². The molecule has 0 saturated heterocycles. The maximum atomic E-state index is 13.5. The summed E-state index contributed by atoms with van der Waals surface area (Å²) in [5, 5.41) is 0. The Bertz CT molecular complexity index is 549. The lowest BCUT2D eigenvalue weighted by Gasteiger charge is -2.18. The lowest BCUT2D eigenvalue weighted by Crippen LogP contribution is -2.12. The second-order valence-electron chi connectivity index (χ2n) is 5.63. The van der Waals surface area contributed by atoms with Gasteiger partial charge in [-0.25, -0.2) is 22.0 Å². The topological polar surface area (TPSA) is 0 Å². The van der Waals surface area contributed by atoms with Crippen LogP contribution in [-0.2, 0) is 6.42 Å². The predicted molar refractivity (Wildman–Crippen MR) is 63.4 cm³/mol. The Balaban J connectivity index is 1.79. The molecule has 0 nitrogen and oxygen atoms in total. The van der Waals surface area contributed by atoms with E-state index in [1.54, 1.807) is 0 Å². The van der Waals surface area contributed by atoms with Crippen LogP contribution in [0.1, 0.15) is 24.8 Å². The van der Waals surface area contributed by atoms with E-state index < -0.39 is 34.6 Å². The number of rotatable bonds is 3. The van der Waals surface area contributed by atoms with Gasteiger partial charge in [0.15, 0.2) is 23.3 Å². The van der Waals surface area contributed by atoms with Crippen LogP contribution in [0.5, 0.6) is 0 Å². The summed E-state index contributed by atoms with van der Waals surface area (Å²) in [6, 6.07) is 0. The molecule has 2 aliphatic rings. The summed E-state index contributed by atoms with van der Waals surface area (Å²) in [4.78, 5) is 0. The van der Waals surface area contributed by atoms with Gasteiger partial charge in [-0.3, -0.25) is 0 Å². The summed E-state index contributed by atoms with van der Waals surface area (Å²) in [6.45, 7) is 0. The van der Waals surface area contributed by atoms with Gasteiger partial charge >= 0.3 is 0 Å². The first-order valence-corrected chi connectivity index (χ1v) is 6.67. The van der Waals surface area contributed by atoms with Gasteiger partial charge in [0, 0.05) is 5.56 Å². The van der Waals surface area contributed by atoms with Gasteiger partial charge in [-0.1, -0.05) is 12.2 Å². The molecule has 108 valence electrons. The molecule has 2 aliphatic carbocycles. The second kappa shape index (κ2) is 4.86. The average molecular weight is 288 g/mol. The normalized spacial score (nSPS) is 27.6. The quantitative estimate of drug-likeness (QED) is 0.332. The maximum absolute atomic E-state index is 13.5. The molecule has 1 aromatic rings. The Morgan fingerprint density at radius 2 is 1.40 bits per heavy atom. The summed E-state index contributed by atoms with van der Waals surface area (Å²) in [5.74, 6) is -8.01. The minimum atomic E-state index is -2.09. The summed E-state index contributed by atoms with van der Waals surface area (Å²) in [7, 11) is 0. The molecule has 5 heteroatoms. The van der Waals surface area contributed by atoms with Crippen LogP contribution in [0, 0.1) is 46.8 Å². The van der Waals surface area contributed by atoms with Gasteiger partial charge in [0.25, 0.3) is 0 Å². The van der Waals surface area contributed by atoms with Crippen LogP contribution >= 0.6 is 0 Å². The first-order valence-electron chi connectivity index (χ1n) is 6.67. The van der Waals surface area contributed by atoms with Crippen LogP contribution in [-0.4, -0.2) is 0 Å². The number of allylic oxidation sites excluding steroid dienone is 2. The van der Waals surface area contributed by atoms with E-state index >= 15 is 0 Å². The standard InChI is InChI=1S/C15H13F5/c16-11-10(12(17)14(19)15(20)13(11)18)4-3-9-6-7-1-2-8(9)5-7/h1-2,7-9H,3-6H2. The summed E-state index contributed by atoms with van der Waals surface area (Å²) < 4.78 is 66.1. The minimum absolute atomic E-state index is 0.118. The van der Waals surface area contributed by atoms with E-state index in [-0.39, 0.29) is 12.3 Å². The van der Waals surface area contributed by atoms with Crippen LogP contribution < -0.4 is 0 Å². The van der Waals surface area contributed by atoms with E-state index in [4.69, 9.17) is 0 Å². The highest BCUT2D eigenvalue weighted by molar-refractivity contribution is 5.24. The van der Waals surface area contributed by atoms with Crippen molar-refractivity contribution in [3.63, 3.8) is 0 Å².